The molecule has 0 atom stereocenters. The molecule has 2 heterocycles. The van der Waals surface area contributed by atoms with E-state index in [-0.39, 0.29) is 17.8 Å². The third-order valence-corrected chi connectivity index (χ3v) is 4.26. The summed E-state index contributed by atoms with van der Waals surface area (Å²) in [5.41, 5.74) is 5.48. The molecule has 0 unspecified atom stereocenters. The van der Waals surface area contributed by atoms with Crippen molar-refractivity contribution in [3.63, 3.8) is 0 Å². The Kier molecular flexibility index (Phi) is 5.37. The van der Waals surface area contributed by atoms with E-state index in [9.17, 15) is 4.79 Å². The number of nitrogens with two attached hydrogens (primary N) is 1. The fourth-order valence-electron chi connectivity index (χ4n) is 2.35. The minimum atomic E-state index is 0.0855. The van der Waals surface area contributed by atoms with Gasteiger partial charge in [0.15, 0.2) is 5.84 Å². The van der Waals surface area contributed by atoms with E-state index in [0.29, 0.717) is 13.0 Å². The molecular formula is C13H20N4O2S. The van der Waals surface area contributed by atoms with E-state index in [1.807, 2.05) is 17.5 Å². The van der Waals surface area contributed by atoms with Gasteiger partial charge in [-0.25, -0.2) is 0 Å². The molecule has 0 radical (unpaired) electrons. The van der Waals surface area contributed by atoms with Gasteiger partial charge in [-0.15, -0.1) is 11.3 Å². The van der Waals surface area contributed by atoms with Gasteiger partial charge >= 0.3 is 0 Å². The van der Waals surface area contributed by atoms with Gasteiger partial charge in [0, 0.05) is 24.0 Å². The zero-order valence-corrected chi connectivity index (χ0v) is 12.1. The molecule has 1 amide bonds. The lowest BCUT2D eigenvalue weighted by molar-refractivity contribution is -0.121. The second kappa shape index (κ2) is 7.25. The van der Waals surface area contributed by atoms with Crippen LogP contribution in [0, 0.1) is 0 Å². The molecule has 0 aromatic carbocycles. The average molecular weight is 296 g/mol. The van der Waals surface area contributed by atoms with E-state index in [2.05, 4.69) is 15.4 Å². The minimum Gasteiger partial charge on any atom is -0.409 e. The van der Waals surface area contributed by atoms with Crippen molar-refractivity contribution in [2.75, 3.05) is 19.6 Å². The lowest BCUT2D eigenvalue weighted by Gasteiger charge is -2.31. The van der Waals surface area contributed by atoms with Crippen molar-refractivity contribution in [3.8, 4) is 0 Å². The molecule has 0 aliphatic carbocycles. The second-order valence-electron chi connectivity index (χ2n) is 4.97. The van der Waals surface area contributed by atoms with Crippen LogP contribution in [0.2, 0.25) is 0 Å². The fourth-order valence-corrected chi connectivity index (χ4v) is 3.05. The number of piperidine rings is 1. The van der Waals surface area contributed by atoms with E-state index in [0.717, 1.165) is 30.8 Å². The van der Waals surface area contributed by atoms with Crippen LogP contribution in [0.1, 0.15) is 17.7 Å². The number of carbonyl (C=O) groups excluding carboxylic acids is 1. The van der Waals surface area contributed by atoms with Gasteiger partial charge in [0.2, 0.25) is 5.91 Å². The minimum absolute atomic E-state index is 0.0855. The molecule has 1 aliphatic heterocycles. The van der Waals surface area contributed by atoms with Gasteiger partial charge in [-0.3, -0.25) is 9.69 Å². The number of carbonyl (C=O) groups is 1. The molecule has 7 heteroatoms. The van der Waals surface area contributed by atoms with Crippen LogP contribution in [0.3, 0.4) is 0 Å². The van der Waals surface area contributed by atoms with Gasteiger partial charge in [0.05, 0.1) is 13.0 Å². The van der Waals surface area contributed by atoms with E-state index >= 15 is 0 Å². The predicted octanol–water partition coefficient (Wildman–Crippen LogP) is 0.618. The monoisotopic (exact) mass is 296 g/mol. The average Bonchev–Trinajstić information content (AvgIpc) is 2.93. The van der Waals surface area contributed by atoms with Crippen LogP contribution in [0.15, 0.2) is 22.7 Å². The standard InChI is InChI=1S/C13H20N4O2S/c14-12(16-19)9-17-5-3-10(4-6-17)15-13(18)8-11-2-1-7-20-11/h1-2,7,10,19H,3-6,8-9H2,(H2,14,16)(H,15,18). The van der Waals surface area contributed by atoms with Gasteiger partial charge in [0.1, 0.15) is 0 Å². The molecule has 1 aliphatic rings. The Bertz CT molecular complexity index is 453. The predicted molar refractivity (Wildman–Crippen MR) is 79.0 cm³/mol. The van der Waals surface area contributed by atoms with E-state index in [4.69, 9.17) is 10.9 Å². The van der Waals surface area contributed by atoms with Gasteiger partial charge in [-0.05, 0) is 24.3 Å². The van der Waals surface area contributed by atoms with Crippen LogP contribution in [-0.4, -0.2) is 47.5 Å². The van der Waals surface area contributed by atoms with Crippen LogP contribution in [0.4, 0.5) is 0 Å². The highest BCUT2D eigenvalue weighted by molar-refractivity contribution is 7.10. The topological polar surface area (TPSA) is 91.0 Å². The maximum Gasteiger partial charge on any atom is 0.225 e. The van der Waals surface area contributed by atoms with Crippen molar-refractivity contribution in [2.24, 2.45) is 10.9 Å². The molecule has 110 valence electrons. The number of rotatable bonds is 5. The first-order chi connectivity index (χ1) is 9.67. The normalized spacial score (nSPS) is 18.1. The molecule has 4 N–H and O–H groups in total. The zero-order chi connectivity index (χ0) is 14.4. The van der Waals surface area contributed by atoms with Gasteiger partial charge < -0.3 is 16.3 Å². The number of thiophene rings is 1. The number of nitrogens with one attached hydrogen (secondary N) is 1. The van der Waals surface area contributed by atoms with E-state index < -0.39 is 0 Å². The van der Waals surface area contributed by atoms with Crippen molar-refractivity contribution in [1.29, 1.82) is 0 Å². The molecule has 1 fully saturated rings. The van der Waals surface area contributed by atoms with E-state index in [1.165, 1.54) is 0 Å². The number of amides is 1. The van der Waals surface area contributed by atoms with Crippen LogP contribution >= 0.6 is 11.3 Å². The summed E-state index contributed by atoms with van der Waals surface area (Å²) < 4.78 is 0. The smallest absolute Gasteiger partial charge is 0.225 e. The molecule has 0 saturated carbocycles. The molecule has 0 bridgehead atoms. The van der Waals surface area contributed by atoms with Crippen molar-refractivity contribution in [1.82, 2.24) is 10.2 Å². The largest absolute Gasteiger partial charge is 0.409 e. The van der Waals surface area contributed by atoms with Gasteiger partial charge in [-0.1, -0.05) is 11.2 Å². The van der Waals surface area contributed by atoms with Crippen molar-refractivity contribution in [2.45, 2.75) is 25.3 Å². The Morgan fingerprint density at radius 1 is 1.55 bits per heavy atom. The Balaban J connectivity index is 1.70. The number of amidine groups is 1. The third kappa shape index (κ3) is 4.50. The summed E-state index contributed by atoms with van der Waals surface area (Å²) >= 11 is 1.60. The molecule has 6 nitrogen and oxygen atoms in total. The molecule has 1 aromatic rings. The SMILES string of the molecule is NC(CN1CCC(NC(=O)Cc2cccs2)CC1)=NO. The lowest BCUT2D eigenvalue weighted by atomic mass is 10.0. The summed E-state index contributed by atoms with van der Waals surface area (Å²) in [6.45, 7) is 2.17. The third-order valence-electron chi connectivity index (χ3n) is 3.38. The summed E-state index contributed by atoms with van der Waals surface area (Å²) in [4.78, 5) is 15.1. The first-order valence-corrected chi connectivity index (χ1v) is 7.56. The van der Waals surface area contributed by atoms with Crippen molar-refractivity contribution >= 4 is 23.1 Å². The molecule has 1 aromatic heterocycles. The summed E-state index contributed by atoms with van der Waals surface area (Å²) in [6.07, 6.45) is 2.26. The summed E-state index contributed by atoms with van der Waals surface area (Å²) in [6, 6.07) is 4.16. The number of hydrogen-bond donors (Lipinski definition) is 3. The number of oxime groups is 1. The second-order valence-corrected chi connectivity index (χ2v) is 6.00. The molecule has 2 rings (SSSR count). The fraction of sp³-hybridized carbons (Fsp3) is 0.538. The summed E-state index contributed by atoms with van der Waals surface area (Å²) in [5.74, 6) is 0.313. The Morgan fingerprint density at radius 2 is 2.30 bits per heavy atom. The summed E-state index contributed by atoms with van der Waals surface area (Å²) in [7, 11) is 0. The highest BCUT2D eigenvalue weighted by Gasteiger charge is 2.21. The summed E-state index contributed by atoms with van der Waals surface area (Å²) in [5, 5.41) is 16.6. The van der Waals surface area contributed by atoms with Crippen LogP contribution in [-0.2, 0) is 11.2 Å². The Morgan fingerprint density at radius 3 is 2.90 bits per heavy atom. The van der Waals surface area contributed by atoms with Gasteiger partial charge in [0.25, 0.3) is 0 Å². The maximum atomic E-state index is 11.9. The van der Waals surface area contributed by atoms with Crippen LogP contribution in [0.5, 0.6) is 0 Å². The maximum absolute atomic E-state index is 11.9. The quantitative estimate of drug-likeness (QED) is 0.321. The molecule has 20 heavy (non-hydrogen) atoms. The number of likely N-dealkylation sites (tertiary alicyclic amines) is 1. The van der Waals surface area contributed by atoms with Gasteiger partial charge in [-0.2, -0.15) is 0 Å². The number of hydrogen-bond acceptors (Lipinski definition) is 5. The zero-order valence-electron chi connectivity index (χ0n) is 11.3. The van der Waals surface area contributed by atoms with Crippen LogP contribution < -0.4 is 11.1 Å². The Labute approximate surface area is 122 Å². The first kappa shape index (κ1) is 14.8. The molecule has 1 saturated heterocycles. The van der Waals surface area contributed by atoms with Crippen LogP contribution in [0.25, 0.3) is 0 Å². The first-order valence-electron chi connectivity index (χ1n) is 6.68. The van der Waals surface area contributed by atoms with E-state index in [1.54, 1.807) is 11.3 Å². The molecule has 0 spiro atoms. The lowest BCUT2D eigenvalue weighted by Crippen LogP contribution is -2.47. The van der Waals surface area contributed by atoms with Crippen molar-refractivity contribution < 1.29 is 10.0 Å². The Hall–Kier alpha value is -1.60. The highest BCUT2D eigenvalue weighted by atomic mass is 32.1. The number of nitrogens with zero attached hydrogens (tertiary/aromatic N) is 2. The van der Waals surface area contributed by atoms with Crippen molar-refractivity contribution in [3.05, 3.63) is 22.4 Å². The highest BCUT2D eigenvalue weighted by Crippen LogP contribution is 2.12. The molecular weight excluding hydrogens is 276 g/mol.